The van der Waals surface area contributed by atoms with Gasteiger partial charge >= 0.3 is 5.97 Å². The van der Waals surface area contributed by atoms with E-state index in [1.807, 2.05) is 0 Å². The third-order valence-electron chi connectivity index (χ3n) is 3.76. The summed E-state index contributed by atoms with van der Waals surface area (Å²) in [6.45, 7) is 4.10. The molecule has 1 aliphatic rings. The van der Waals surface area contributed by atoms with Crippen molar-refractivity contribution in [3.8, 4) is 0 Å². The van der Waals surface area contributed by atoms with Crippen LogP contribution in [-0.4, -0.2) is 47.7 Å². The minimum absolute atomic E-state index is 0.0804. The van der Waals surface area contributed by atoms with Crippen LogP contribution >= 0.6 is 0 Å². The van der Waals surface area contributed by atoms with Gasteiger partial charge in [-0.1, -0.05) is 6.92 Å². The van der Waals surface area contributed by atoms with Crippen LogP contribution in [-0.2, 0) is 11.3 Å². The molecule has 2 rings (SSSR count). The Morgan fingerprint density at radius 1 is 1.50 bits per heavy atom. The van der Waals surface area contributed by atoms with Crippen LogP contribution in [0.25, 0.3) is 0 Å². The second-order valence-electron chi connectivity index (χ2n) is 5.19. The highest BCUT2D eigenvalue weighted by molar-refractivity contribution is 5.99. The number of carbonyl (C=O) groups is 1. The Morgan fingerprint density at radius 2 is 2.15 bits per heavy atom. The largest absolute Gasteiger partial charge is 0.465 e. The van der Waals surface area contributed by atoms with Crippen LogP contribution in [0.1, 0.15) is 30.1 Å². The Balaban J connectivity index is 2.35. The number of piperidine rings is 1. The van der Waals surface area contributed by atoms with E-state index >= 15 is 0 Å². The molecule has 7 heteroatoms. The first kappa shape index (κ1) is 14.6. The summed E-state index contributed by atoms with van der Waals surface area (Å²) in [6.07, 6.45) is 2.13. The fourth-order valence-corrected chi connectivity index (χ4v) is 2.47. The Bertz CT molecular complexity index is 478. The zero-order chi connectivity index (χ0) is 14.7. The van der Waals surface area contributed by atoms with Crippen molar-refractivity contribution < 1.29 is 14.6 Å². The highest BCUT2D eigenvalue weighted by Crippen LogP contribution is 2.29. The number of aliphatic hydroxyl groups excluding tert-OH is 1. The predicted octanol–water partition coefficient (Wildman–Crippen LogP) is 0.481. The maximum Gasteiger partial charge on any atom is 0.345 e. The van der Waals surface area contributed by atoms with Gasteiger partial charge in [0.1, 0.15) is 11.4 Å². The van der Waals surface area contributed by atoms with Gasteiger partial charge in [0.05, 0.1) is 20.3 Å². The molecule has 0 radical (unpaired) electrons. The second-order valence-corrected chi connectivity index (χ2v) is 5.19. The molecule has 2 heterocycles. The number of methoxy groups -OCH3 is 1. The number of ether oxygens (including phenoxy) is 1. The minimum atomic E-state index is -0.486. The zero-order valence-corrected chi connectivity index (χ0v) is 12.0. The summed E-state index contributed by atoms with van der Waals surface area (Å²) in [6, 6.07) is 0. The van der Waals surface area contributed by atoms with E-state index in [1.54, 1.807) is 0 Å². The third kappa shape index (κ3) is 2.72. The molecule has 112 valence electrons. The maximum atomic E-state index is 11.9. The van der Waals surface area contributed by atoms with Crippen molar-refractivity contribution in [2.24, 2.45) is 5.92 Å². The summed E-state index contributed by atoms with van der Waals surface area (Å²) in [5.41, 5.74) is 6.26. The normalized spacial score (nSPS) is 16.4. The van der Waals surface area contributed by atoms with Gasteiger partial charge in [-0.15, -0.1) is 0 Å². The first-order valence-electron chi connectivity index (χ1n) is 6.88. The fourth-order valence-electron chi connectivity index (χ4n) is 2.47. The van der Waals surface area contributed by atoms with Crippen molar-refractivity contribution in [2.75, 3.05) is 37.4 Å². The fraction of sp³-hybridized carbons (Fsp3) is 0.692. The zero-order valence-electron chi connectivity index (χ0n) is 12.0. The standard InChI is InChI=1S/C13H22N4O3/c1-9-3-5-16(6-4-9)12-10(13(19)20-2)11(14)17(15-12)7-8-18/h9,18H,3-8,14H2,1-2H3. The number of carbonyl (C=O) groups excluding carboxylic acids is 1. The monoisotopic (exact) mass is 282 g/mol. The van der Waals surface area contributed by atoms with Crippen molar-refractivity contribution in [3.63, 3.8) is 0 Å². The number of aliphatic hydroxyl groups is 1. The van der Waals surface area contributed by atoms with Gasteiger partial charge in [-0.2, -0.15) is 5.10 Å². The Hall–Kier alpha value is -1.76. The molecule has 1 fully saturated rings. The van der Waals surface area contributed by atoms with E-state index in [4.69, 9.17) is 15.6 Å². The van der Waals surface area contributed by atoms with E-state index in [9.17, 15) is 4.79 Å². The van der Waals surface area contributed by atoms with Gasteiger partial charge in [0.15, 0.2) is 5.82 Å². The quantitative estimate of drug-likeness (QED) is 0.780. The summed E-state index contributed by atoms with van der Waals surface area (Å²) in [5, 5.41) is 13.4. The Morgan fingerprint density at radius 3 is 2.70 bits per heavy atom. The van der Waals surface area contributed by atoms with E-state index in [2.05, 4.69) is 16.9 Å². The van der Waals surface area contributed by atoms with Gasteiger partial charge in [-0.05, 0) is 18.8 Å². The lowest BCUT2D eigenvalue weighted by molar-refractivity contribution is 0.0602. The SMILES string of the molecule is COC(=O)c1c(N2CCC(C)CC2)nn(CCO)c1N. The summed E-state index contributed by atoms with van der Waals surface area (Å²) in [7, 11) is 1.33. The molecule has 0 amide bonds. The van der Waals surface area contributed by atoms with E-state index in [0.29, 0.717) is 17.3 Å². The van der Waals surface area contributed by atoms with Gasteiger partial charge in [0.2, 0.25) is 0 Å². The summed E-state index contributed by atoms with van der Waals surface area (Å²) in [4.78, 5) is 14.0. The maximum absolute atomic E-state index is 11.9. The van der Waals surface area contributed by atoms with Crippen molar-refractivity contribution in [1.29, 1.82) is 0 Å². The average molecular weight is 282 g/mol. The molecule has 1 aliphatic heterocycles. The smallest absolute Gasteiger partial charge is 0.345 e. The minimum Gasteiger partial charge on any atom is -0.465 e. The van der Waals surface area contributed by atoms with Crippen molar-refractivity contribution in [3.05, 3.63) is 5.56 Å². The van der Waals surface area contributed by atoms with Crippen LogP contribution in [0.2, 0.25) is 0 Å². The van der Waals surface area contributed by atoms with E-state index in [-0.39, 0.29) is 19.0 Å². The number of nitrogens with two attached hydrogens (primary N) is 1. The molecule has 0 aliphatic carbocycles. The molecule has 1 saturated heterocycles. The van der Waals surface area contributed by atoms with E-state index < -0.39 is 5.97 Å². The molecule has 20 heavy (non-hydrogen) atoms. The molecule has 0 bridgehead atoms. The Labute approximate surface area is 118 Å². The van der Waals surface area contributed by atoms with E-state index in [1.165, 1.54) is 11.8 Å². The molecule has 0 spiro atoms. The van der Waals surface area contributed by atoms with Crippen LogP contribution in [0.4, 0.5) is 11.6 Å². The first-order valence-corrected chi connectivity index (χ1v) is 6.88. The molecule has 3 N–H and O–H groups in total. The number of rotatable bonds is 4. The number of nitrogens with zero attached hydrogens (tertiary/aromatic N) is 3. The molecule has 7 nitrogen and oxygen atoms in total. The molecule has 0 unspecified atom stereocenters. The summed E-state index contributed by atoms with van der Waals surface area (Å²) < 4.78 is 6.26. The number of anilines is 2. The summed E-state index contributed by atoms with van der Waals surface area (Å²) in [5.74, 6) is 1.01. The van der Waals surface area contributed by atoms with Gasteiger partial charge < -0.3 is 20.5 Å². The molecule has 1 aromatic rings. The van der Waals surface area contributed by atoms with Gasteiger partial charge in [-0.25, -0.2) is 9.48 Å². The van der Waals surface area contributed by atoms with Crippen LogP contribution in [0.3, 0.4) is 0 Å². The van der Waals surface area contributed by atoms with Crippen LogP contribution in [0.5, 0.6) is 0 Å². The van der Waals surface area contributed by atoms with Crippen molar-refractivity contribution in [2.45, 2.75) is 26.3 Å². The highest BCUT2D eigenvalue weighted by Gasteiger charge is 2.28. The average Bonchev–Trinajstić information content (AvgIpc) is 2.77. The van der Waals surface area contributed by atoms with Crippen molar-refractivity contribution >= 4 is 17.6 Å². The molecule has 0 aromatic carbocycles. The van der Waals surface area contributed by atoms with Crippen molar-refractivity contribution in [1.82, 2.24) is 9.78 Å². The Kier molecular flexibility index (Phi) is 4.49. The number of nitrogen functional groups attached to an aromatic ring is 1. The van der Waals surface area contributed by atoms with Crippen LogP contribution in [0, 0.1) is 5.92 Å². The van der Waals surface area contributed by atoms with Gasteiger partial charge in [-0.3, -0.25) is 0 Å². The molecular formula is C13H22N4O3. The first-order chi connectivity index (χ1) is 9.58. The number of hydrogen-bond donors (Lipinski definition) is 2. The number of esters is 1. The third-order valence-corrected chi connectivity index (χ3v) is 3.76. The van der Waals surface area contributed by atoms with Gasteiger partial charge in [0.25, 0.3) is 0 Å². The molecule has 0 atom stereocenters. The molecule has 0 saturated carbocycles. The highest BCUT2D eigenvalue weighted by atomic mass is 16.5. The molecule has 1 aromatic heterocycles. The lowest BCUT2D eigenvalue weighted by Gasteiger charge is -2.30. The van der Waals surface area contributed by atoms with Crippen LogP contribution < -0.4 is 10.6 Å². The summed E-state index contributed by atoms with van der Waals surface area (Å²) >= 11 is 0. The number of aromatic nitrogens is 2. The lowest BCUT2D eigenvalue weighted by atomic mass is 9.99. The predicted molar refractivity (Wildman–Crippen MR) is 75.7 cm³/mol. The van der Waals surface area contributed by atoms with Gasteiger partial charge in [0, 0.05) is 13.1 Å². The molecular weight excluding hydrogens is 260 g/mol. The number of hydrogen-bond acceptors (Lipinski definition) is 6. The second kappa shape index (κ2) is 6.13. The topological polar surface area (TPSA) is 93.6 Å². The van der Waals surface area contributed by atoms with Crippen LogP contribution in [0.15, 0.2) is 0 Å². The van der Waals surface area contributed by atoms with E-state index in [0.717, 1.165) is 25.9 Å². The lowest BCUT2D eigenvalue weighted by Crippen LogP contribution is -2.34.